The van der Waals surface area contributed by atoms with Gasteiger partial charge in [-0.05, 0) is 38.0 Å². The minimum absolute atomic E-state index is 0.0194. The predicted molar refractivity (Wildman–Crippen MR) is 206 cm³/mol. The van der Waals surface area contributed by atoms with Crippen LogP contribution in [0.25, 0.3) is 0 Å². The number of ether oxygens (including phenoxy) is 3. The first kappa shape index (κ1) is 49.4. The van der Waals surface area contributed by atoms with Crippen molar-refractivity contribution in [2.75, 3.05) is 13.2 Å². The molecule has 0 aromatic heterocycles. The van der Waals surface area contributed by atoms with Gasteiger partial charge in [0, 0.05) is 25.2 Å². The third-order valence-corrected chi connectivity index (χ3v) is 10.3. The van der Waals surface area contributed by atoms with Gasteiger partial charge in [0.1, 0.15) is 6.61 Å². The average Bonchev–Trinajstić information content (AvgIpc) is 3.10. The highest BCUT2D eigenvalue weighted by Crippen LogP contribution is 2.36. The Morgan fingerprint density at radius 1 is 0.830 bits per heavy atom. The standard InChI is InChI=1S/C40H73O12P/c1-4-6-17-23-33(41)27-28-37-35(36(42)29-40(45)52-37)24-19-15-16-21-26-39(44)51-34(31-50-53(46,47)48)30-49-38(43)25-20-14-12-10-8-7-9-11-13-18-22-32(3)5-2/h15,19,27-28,32-37,40-42,45H,4-14,16-18,20-26,29-31H2,1-3H3,(H2,46,47,48)/b19-15-,28-27+/t32?,33-,34+,35-,36-,37+,40?/m0/s1. The van der Waals surface area contributed by atoms with E-state index >= 15 is 0 Å². The van der Waals surface area contributed by atoms with Gasteiger partial charge in [0.05, 0.1) is 24.9 Å². The van der Waals surface area contributed by atoms with E-state index in [4.69, 9.17) is 24.0 Å². The number of phosphoric ester groups is 1. The number of carbonyl (C=O) groups is 2. The van der Waals surface area contributed by atoms with E-state index in [0.29, 0.717) is 32.1 Å². The Morgan fingerprint density at radius 3 is 2.09 bits per heavy atom. The smallest absolute Gasteiger partial charge is 0.462 e. The number of aliphatic hydroxyl groups excluding tert-OH is 3. The molecule has 0 aromatic carbocycles. The quantitative estimate of drug-likeness (QED) is 0.0192. The molecule has 0 saturated carbocycles. The Labute approximate surface area is 319 Å². The van der Waals surface area contributed by atoms with Crippen molar-refractivity contribution in [1.82, 2.24) is 0 Å². The van der Waals surface area contributed by atoms with E-state index in [1.807, 2.05) is 12.2 Å². The maximum Gasteiger partial charge on any atom is 0.469 e. The second-order valence-electron chi connectivity index (χ2n) is 14.7. The van der Waals surface area contributed by atoms with Crippen molar-refractivity contribution in [3.8, 4) is 0 Å². The number of aliphatic hydroxyl groups is 3. The number of rotatable bonds is 32. The molecule has 1 aliphatic heterocycles. The molecule has 53 heavy (non-hydrogen) atoms. The summed E-state index contributed by atoms with van der Waals surface area (Å²) < 4.78 is 32.0. The highest BCUT2D eigenvalue weighted by Gasteiger charge is 2.35. The van der Waals surface area contributed by atoms with Crippen molar-refractivity contribution in [3.05, 3.63) is 24.3 Å². The zero-order chi connectivity index (χ0) is 39.3. The second-order valence-corrected chi connectivity index (χ2v) is 16.0. The normalized spacial score (nSPS) is 21.2. The summed E-state index contributed by atoms with van der Waals surface area (Å²) in [4.78, 5) is 43.0. The molecule has 310 valence electrons. The molecule has 1 heterocycles. The van der Waals surface area contributed by atoms with Crippen LogP contribution >= 0.6 is 7.82 Å². The highest BCUT2D eigenvalue weighted by atomic mass is 31.2. The van der Waals surface area contributed by atoms with Crippen LogP contribution in [0.2, 0.25) is 0 Å². The van der Waals surface area contributed by atoms with E-state index in [2.05, 4.69) is 25.3 Å². The van der Waals surface area contributed by atoms with E-state index < -0.39 is 57.1 Å². The molecule has 12 nitrogen and oxygen atoms in total. The van der Waals surface area contributed by atoms with Gasteiger partial charge in [-0.1, -0.05) is 135 Å². The van der Waals surface area contributed by atoms with Gasteiger partial charge in [-0.2, -0.15) is 0 Å². The molecule has 5 N–H and O–H groups in total. The van der Waals surface area contributed by atoms with Crippen LogP contribution < -0.4 is 0 Å². The molecule has 1 rings (SSSR count). The first-order valence-electron chi connectivity index (χ1n) is 20.4. The molecule has 2 unspecified atom stereocenters. The molecule has 0 aliphatic carbocycles. The minimum Gasteiger partial charge on any atom is -0.462 e. The summed E-state index contributed by atoms with van der Waals surface area (Å²) in [5.74, 6) is -0.565. The summed E-state index contributed by atoms with van der Waals surface area (Å²) in [5, 5.41) is 30.8. The predicted octanol–water partition coefficient (Wildman–Crippen LogP) is 7.98. The molecular weight excluding hydrogens is 703 g/mol. The fourth-order valence-corrected chi connectivity index (χ4v) is 6.63. The van der Waals surface area contributed by atoms with Crippen LogP contribution in [0.5, 0.6) is 0 Å². The van der Waals surface area contributed by atoms with Gasteiger partial charge in [0.2, 0.25) is 0 Å². The van der Waals surface area contributed by atoms with E-state index in [1.165, 1.54) is 51.4 Å². The van der Waals surface area contributed by atoms with Gasteiger partial charge in [-0.3, -0.25) is 14.1 Å². The summed E-state index contributed by atoms with van der Waals surface area (Å²) in [5.41, 5.74) is 0. The molecule has 7 atom stereocenters. The number of esters is 2. The number of hydrogen-bond acceptors (Lipinski definition) is 10. The molecule has 1 fully saturated rings. The third-order valence-electron chi connectivity index (χ3n) is 9.81. The van der Waals surface area contributed by atoms with Crippen molar-refractivity contribution in [2.45, 2.75) is 193 Å². The third kappa shape index (κ3) is 27.6. The Hall–Kier alpha value is -1.63. The molecule has 0 amide bonds. The zero-order valence-corrected chi connectivity index (χ0v) is 33.8. The van der Waals surface area contributed by atoms with Gasteiger partial charge < -0.3 is 39.3 Å². The van der Waals surface area contributed by atoms with E-state index in [-0.39, 0.29) is 31.8 Å². The van der Waals surface area contributed by atoms with Crippen LogP contribution in [0.1, 0.15) is 162 Å². The molecule has 0 spiro atoms. The molecule has 1 aliphatic rings. The van der Waals surface area contributed by atoms with Crippen LogP contribution in [0, 0.1) is 11.8 Å². The lowest BCUT2D eigenvalue weighted by Gasteiger charge is -2.36. The fraction of sp³-hybridized carbons (Fsp3) is 0.850. The van der Waals surface area contributed by atoms with Gasteiger partial charge >= 0.3 is 19.8 Å². The number of unbranched alkanes of at least 4 members (excludes halogenated alkanes) is 12. The van der Waals surface area contributed by atoms with Crippen molar-refractivity contribution in [3.63, 3.8) is 0 Å². The average molecular weight is 777 g/mol. The Kier molecular flexibility index (Phi) is 28.5. The van der Waals surface area contributed by atoms with Gasteiger partial charge in [-0.15, -0.1) is 0 Å². The van der Waals surface area contributed by atoms with Crippen molar-refractivity contribution in [1.29, 1.82) is 0 Å². The van der Waals surface area contributed by atoms with Crippen LogP contribution in [0.3, 0.4) is 0 Å². The molecule has 1 saturated heterocycles. The van der Waals surface area contributed by atoms with Crippen LogP contribution in [-0.2, 0) is 32.9 Å². The Morgan fingerprint density at radius 2 is 1.45 bits per heavy atom. The monoisotopic (exact) mass is 776 g/mol. The zero-order valence-electron chi connectivity index (χ0n) is 32.9. The maximum absolute atomic E-state index is 12.5. The highest BCUT2D eigenvalue weighted by molar-refractivity contribution is 7.46. The number of phosphoric acid groups is 1. The maximum atomic E-state index is 12.5. The molecule has 0 bridgehead atoms. The van der Waals surface area contributed by atoms with Crippen molar-refractivity contribution >= 4 is 19.8 Å². The molecule has 0 radical (unpaired) electrons. The summed E-state index contributed by atoms with van der Waals surface area (Å²) in [6.07, 6.45) is 22.3. The summed E-state index contributed by atoms with van der Waals surface area (Å²) >= 11 is 0. The lowest BCUT2D eigenvalue weighted by atomic mass is 9.87. The topological polar surface area (TPSA) is 189 Å². The second kappa shape index (κ2) is 30.6. The van der Waals surface area contributed by atoms with Gasteiger partial charge in [0.25, 0.3) is 0 Å². The van der Waals surface area contributed by atoms with Crippen LogP contribution in [0.4, 0.5) is 0 Å². The SMILES string of the molecule is CCCCC[C@H](O)/C=C/[C@H]1OC(O)C[C@H](O)[C@@H]1C/C=C\CCCC(=O)O[C@H](COC(=O)CCCCCCCCCCCCC(C)CC)COP(=O)(O)O. The lowest BCUT2D eigenvalue weighted by molar-refractivity contribution is -0.199. The number of allylic oxidation sites excluding steroid dienone is 2. The van der Waals surface area contributed by atoms with Gasteiger partial charge in [0.15, 0.2) is 12.4 Å². The van der Waals surface area contributed by atoms with E-state index in [0.717, 1.165) is 44.4 Å². The number of carbonyl (C=O) groups excluding carboxylic acids is 2. The summed E-state index contributed by atoms with van der Waals surface area (Å²) in [6.45, 7) is 5.68. The Balaban J connectivity index is 2.36. The minimum atomic E-state index is -4.83. The largest absolute Gasteiger partial charge is 0.469 e. The number of hydrogen-bond donors (Lipinski definition) is 5. The van der Waals surface area contributed by atoms with Crippen LogP contribution in [0.15, 0.2) is 24.3 Å². The molecule has 13 heteroatoms. The fourth-order valence-electron chi connectivity index (χ4n) is 6.27. The van der Waals surface area contributed by atoms with Crippen LogP contribution in [-0.4, -0.2) is 81.0 Å². The van der Waals surface area contributed by atoms with Gasteiger partial charge in [-0.25, -0.2) is 4.57 Å². The first-order valence-corrected chi connectivity index (χ1v) is 22.0. The van der Waals surface area contributed by atoms with E-state index in [1.54, 1.807) is 12.2 Å². The van der Waals surface area contributed by atoms with Crippen molar-refractivity contribution < 1.29 is 58.0 Å². The first-order chi connectivity index (χ1) is 25.3. The van der Waals surface area contributed by atoms with E-state index in [9.17, 15) is 29.5 Å². The summed E-state index contributed by atoms with van der Waals surface area (Å²) in [6, 6.07) is 0. The van der Waals surface area contributed by atoms with Crippen molar-refractivity contribution in [2.24, 2.45) is 11.8 Å². The molecular formula is C40H73O12P. The summed E-state index contributed by atoms with van der Waals surface area (Å²) in [7, 11) is -4.83. The lowest BCUT2D eigenvalue weighted by Crippen LogP contribution is -2.43. The molecule has 0 aromatic rings. The Bertz CT molecular complexity index is 1050.